The van der Waals surface area contributed by atoms with Gasteiger partial charge in [-0.2, -0.15) is 0 Å². The highest BCUT2D eigenvalue weighted by molar-refractivity contribution is 5.99. The molecule has 2 heterocycles. The first-order valence-corrected chi connectivity index (χ1v) is 14.8. The number of rotatable bonds is 10. The Morgan fingerprint density at radius 2 is 1.92 bits per heavy atom. The molecular formula is C30H48N4O5. The lowest BCUT2D eigenvalue weighted by molar-refractivity contribution is -0.116. The van der Waals surface area contributed by atoms with Crippen molar-refractivity contribution in [3.63, 3.8) is 0 Å². The molecule has 218 valence electrons. The lowest BCUT2D eigenvalue weighted by atomic mass is 9.89. The van der Waals surface area contributed by atoms with Gasteiger partial charge in [-0.1, -0.05) is 26.2 Å². The number of fused-ring (bicyclic) bond motifs is 1. The van der Waals surface area contributed by atoms with Crippen LogP contribution in [0.15, 0.2) is 18.2 Å². The minimum absolute atomic E-state index is 0.0860. The highest BCUT2D eigenvalue weighted by Gasteiger charge is 2.34. The molecule has 2 amide bonds. The molecule has 9 nitrogen and oxygen atoms in total. The summed E-state index contributed by atoms with van der Waals surface area (Å²) < 4.78 is 11.9. The van der Waals surface area contributed by atoms with E-state index in [4.69, 9.17) is 9.47 Å². The van der Waals surface area contributed by atoms with Crippen LogP contribution in [0.25, 0.3) is 0 Å². The van der Waals surface area contributed by atoms with Gasteiger partial charge < -0.3 is 29.7 Å². The number of ether oxygens (including phenoxy) is 2. The van der Waals surface area contributed by atoms with Crippen LogP contribution in [0, 0.1) is 11.8 Å². The molecule has 0 aromatic heterocycles. The van der Waals surface area contributed by atoms with Crippen LogP contribution < -0.4 is 10.1 Å². The summed E-state index contributed by atoms with van der Waals surface area (Å²) in [5.41, 5.74) is 1.00. The van der Waals surface area contributed by atoms with Crippen molar-refractivity contribution in [2.24, 2.45) is 11.8 Å². The third kappa shape index (κ3) is 8.39. The van der Waals surface area contributed by atoms with Crippen molar-refractivity contribution in [2.75, 3.05) is 71.5 Å². The van der Waals surface area contributed by atoms with E-state index in [0.29, 0.717) is 49.7 Å². The van der Waals surface area contributed by atoms with E-state index in [2.05, 4.69) is 29.1 Å². The number of aliphatic hydroxyl groups is 1. The number of aliphatic hydroxyl groups excluding tert-OH is 1. The molecule has 0 bridgehead atoms. The first-order chi connectivity index (χ1) is 18.8. The van der Waals surface area contributed by atoms with Crippen LogP contribution in [0.2, 0.25) is 0 Å². The summed E-state index contributed by atoms with van der Waals surface area (Å²) in [4.78, 5) is 32.7. The summed E-state index contributed by atoms with van der Waals surface area (Å²) in [6.45, 7) is 9.97. The molecule has 3 aliphatic rings. The summed E-state index contributed by atoms with van der Waals surface area (Å²) in [7, 11) is 2.17. The van der Waals surface area contributed by atoms with Gasteiger partial charge in [0.2, 0.25) is 5.91 Å². The van der Waals surface area contributed by atoms with Crippen molar-refractivity contribution in [3.05, 3.63) is 23.8 Å². The predicted molar refractivity (Wildman–Crippen MR) is 152 cm³/mol. The van der Waals surface area contributed by atoms with Crippen LogP contribution in [0.5, 0.6) is 5.75 Å². The molecule has 1 saturated carbocycles. The Kier molecular flexibility index (Phi) is 11.0. The molecule has 1 aliphatic carbocycles. The largest absolute Gasteiger partial charge is 0.488 e. The maximum atomic E-state index is 13.7. The van der Waals surface area contributed by atoms with E-state index in [9.17, 15) is 14.7 Å². The van der Waals surface area contributed by atoms with E-state index in [-0.39, 0.29) is 36.5 Å². The van der Waals surface area contributed by atoms with Crippen LogP contribution in [-0.2, 0) is 9.53 Å². The van der Waals surface area contributed by atoms with Gasteiger partial charge in [0.05, 0.1) is 31.4 Å². The Labute approximate surface area is 233 Å². The van der Waals surface area contributed by atoms with Gasteiger partial charge in [0.1, 0.15) is 11.9 Å². The summed E-state index contributed by atoms with van der Waals surface area (Å²) >= 11 is 0. The number of nitrogens with one attached hydrogen (secondary N) is 1. The topological polar surface area (TPSA) is 94.6 Å². The third-order valence-electron chi connectivity index (χ3n) is 8.49. The second-order valence-electron chi connectivity index (χ2n) is 11.8. The van der Waals surface area contributed by atoms with E-state index in [1.54, 1.807) is 17.0 Å². The van der Waals surface area contributed by atoms with Gasteiger partial charge in [-0.25, -0.2) is 0 Å². The van der Waals surface area contributed by atoms with E-state index in [0.717, 1.165) is 32.1 Å². The smallest absolute Gasteiger partial charge is 0.258 e. The molecule has 9 heteroatoms. The highest BCUT2D eigenvalue weighted by Crippen LogP contribution is 2.31. The normalized spacial score (nSPS) is 24.0. The Morgan fingerprint density at radius 3 is 2.64 bits per heavy atom. The molecule has 3 atom stereocenters. The number of benzene rings is 1. The lowest BCUT2D eigenvalue weighted by Gasteiger charge is -2.38. The van der Waals surface area contributed by atoms with Gasteiger partial charge in [-0.15, -0.1) is 0 Å². The predicted octanol–water partition coefficient (Wildman–Crippen LogP) is 3.08. The molecule has 1 aromatic carbocycles. The van der Waals surface area contributed by atoms with Crippen molar-refractivity contribution in [3.8, 4) is 5.75 Å². The fraction of sp³-hybridized carbons (Fsp3) is 0.733. The Hall–Kier alpha value is -2.20. The first kappa shape index (κ1) is 29.8. The summed E-state index contributed by atoms with van der Waals surface area (Å²) in [6, 6.07) is 5.02. The number of hydrogen-bond donors (Lipinski definition) is 2. The number of nitrogens with zero attached hydrogens (tertiary/aromatic N) is 3. The van der Waals surface area contributed by atoms with Crippen molar-refractivity contribution < 1.29 is 24.2 Å². The lowest BCUT2D eigenvalue weighted by Crippen LogP contribution is -2.50. The average Bonchev–Trinajstić information content (AvgIpc) is 2.94. The van der Waals surface area contributed by atoms with Crippen LogP contribution in [0.4, 0.5) is 5.69 Å². The fourth-order valence-corrected chi connectivity index (χ4v) is 6.02. The standard InChI is InChI=1S/C30H48N4O5/c1-22-18-34(23(2)21-35)30(37)26-17-25(31-29(36)11-12-33-13-15-38-16-14-33)9-10-27(26)39-28(22)20-32(3)19-24-7-5-4-6-8-24/h9-10,17,22-24,28,35H,4-8,11-16,18-21H2,1-3H3,(H,31,36)/t22-,23+,28-/m0/s1. The Bertz CT molecular complexity index is 947. The van der Waals surface area contributed by atoms with E-state index in [1.165, 1.54) is 32.1 Å². The first-order valence-electron chi connectivity index (χ1n) is 14.8. The third-order valence-corrected chi connectivity index (χ3v) is 8.49. The molecular weight excluding hydrogens is 496 g/mol. The second kappa shape index (κ2) is 14.4. The summed E-state index contributed by atoms with van der Waals surface area (Å²) in [5, 5.41) is 12.9. The average molecular weight is 545 g/mol. The molecule has 1 aromatic rings. The van der Waals surface area contributed by atoms with Crippen LogP contribution in [-0.4, -0.2) is 110 Å². The number of carbonyl (C=O) groups excluding carboxylic acids is 2. The maximum Gasteiger partial charge on any atom is 0.258 e. The molecule has 1 saturated heterocycles. The minimum Gasteiger partial charge on any atom is -0.488 e. The van der Waals surface area contributed by atoms with Crippen molar-refractivity contribution in [1.82, 2.24) is 14.7 Å². The van der Waals surface area contributed by atoms with Crippen LogP contribution in [0.3, 0.4) is 0 Å². The minimum atomic E-state index is -0.321. The summed E-state index contributed by atoms with van der Waals surface area (Å²) in [6.07, 6.45) is 6.87. The monoisotopic (exact) mass is 544 g/mol. The van der Waals surface area contributed by atoms with Crippen LogP contribution >= 0.6 is 0 Å². The quantitative estimate of drug-likeness (QED) is 0.468. The van der Waals surface area contributed by atoms with Crippen molar-refractivity contribution in [1.29, 1.82) is 0 Å². The number of carbonyl (C=O) groups is 2. The zero-order valence-corrected chi connectivity index (χ0v) is 24.1. The van der Waals surface area contributed by atoms with Crippen LogP contribution in [0.1, 0.15) is 62.7 Å². The summed E-state index contributed by atoms with van der Waals surface area (Å²) in [5.74, 6) is 1.09. The highest BCUT2D eigenvalue weighted by atomic mass is 16.5. The van der Waals surface area contributed by atoms with E-state index >= 15 is 0 Å². The van der Waals surface area contributed by atoms with Crippen molar-refractivity contribution >= 4 is 17.5 Å². The van der Waals surface area contributed by atoms with Gasteiger partial charge in [0.15, 0.2) is 0 Å². The van der Waals surface area contributed by atoms with E-state index < -0.39 is 0 Å². The fourth-order valence-electron chi connectivity index (χ4n) is 6.02. The Morgan fingerprint density at radius 1 is 1.18 bits per heavy atom. The molecule has 39 heavy (non-hydrogen) atoms. The number of morpholine rings is 1. The number of hydrogen-bond acceptors (Lipinski definition) is 7. The van der Waals surface area contributed by atoms with Gasteiger partial charge >= 0.3 is 0 Å². The second-order valence-corrected chi connectivity index (χ2v) is 11.8. The Balaban J connectivity index is 1.47. The van der Waals surface area contributed by atoms with Gasteiger partial charge in [-0.05, 0) is 50.9 Å². The van der Waals surface area contributed by atoms with Gasteiger partial charge in [0, 0.05) is 57.3 Å². The number of likely N-dealkylation sites (N-methyl/N-ethyl adjacent to an activating group) is 1. The number of anilines is 1. The zero-order chi connectivity index (χ0) is 27.8. The maximum absolute atomic E-state index is 13.7. The molecule has 0 spiro atoms. The molecule has 4 rings (SSSR count). The molecule has 0 radical (unpaired) electrons. The molecule has 2 N–H and O–H groups in total. The SMILES string of the molecule is C[C@H](CO)N1C[C@H](C)[C@H](CN(C)CC2CCCCC2)Oc2ccc(NC(=O)CCN3CCOCC3)cc2C1=O. The molecule has 2 fully saturated rings. The molecule has 0 unspecified atom stereocenters. The number of amides is 2. The van der Waals surface area contributed by atoms with E-state index in [1.807, 2.05) is 13.0 Å². The molecule has 2 aliphatic heterocycles. The van der Waals surface area contributed by atoms with Crippen molar-refractivity contribution in [2.45, 2.75) is 64.5 Å². The zero-order valence-electron chi connectivity index (χ0n) is 24.1. The van der Waals surface area contributed by atoms with Gasteiger partial charge in [-0.3, -0.25) is 14.5 Å². The van der Waals surface area contributed by atoms with Gasteiger partial charge in [0.25, 0.3) is 5.91 Å².